The van der Waals surface area contributed by atoms with Gasteiger partial charge in [0.25, 0.3) is 5.91 Å². The first-order valence-corrected chi connectivity index (χ1v) is 8.50. The van der Waals surface area contributed by atoms with Crippen LogP contribution in [0.25, 0.3) is 0 Å². The van der Waals surface area contributed by atoms with Gasteiger partial charge in [0.05, 0.1) is 15.6 Å². The zero-order valence-electron chi connectivity index (χ0n) is 12.9. The predicted molar refractivity (Wildman–Crippen MR) is 94.0 cm³/mol. The molecule has 1 heterocycles. The zero-order chi connectivity index (χ0) is 17.1. The summed E-state index contributed by atoms with van der Waals surface area (Å²) in [5.74, 6) is -1.02. The monoisotopic (exact) mass is 366 g/mol. The molecule has 2 aromatic rings. The van der Waals surface area contributed by atoms with Crippen molar-refractivity contribution in [2.45, 2.75) is 19.0 Å². The lowest BCUT2D eigenvalue weighted by atomic mass is 10.1. The van der Waals surface area contributed by atoms with E-state index in [0.717, 1.165) is 32.1 Å². The van der Waals surface area contributed by atoms with Gasteiger partial charge in [0.1, 0.15) is 5.82 Å². The molecule has 1 unspecified atom stereocenters. The maximum atomic E-state index is 13.6. The van der Waals surface area contributed by atoms with E-state index in [1.807, 2.05) is 18.2 Å². The van der Waals surface area contributed by atoms with Gasteiger partial charge in [0.15, 0.2) is 0 Å². The first-order valence-electron chi connectivity index (χ1n) is 7.74. The van der Waals surface area contributed by atoms with E-state index in [0.29, 0.717) is 0 Å². The average Bonchev–Trinajstić information content (AvgIpc) is 2.98. The van der Waals surface area contributed by atoms with Gasteiger partial charge in [-0.05, 0) is 24.1 Å². The Balaban J connectivity index is 1.59. The summed E-state index contributed by atoms with van der Waals surface area (Å²) in [6.07, 6.45) is 0.853. The Labute approximate surface area is 150 Å². The molecule has 1 atom stereocenters. The molecule has 1 aliphatic heterocycles. The predicted octanol–water partition coefficient (Wildman–Crippen LogP) is 4.14. The van der Waals surface area contributed by atoms with Crippen molar-refractivity contribution in [3.63, 3.8) is 0 Å². The van der Waals surface area contributed by atoms with Crippen LogP contribution >= 0.6 is 23.2 Å². The second-order valence-corrected chi connectivity index (χ2v) is 6.74. The van der Waals surface area contributed by atoms with E-state index in [1.165, 1.54) is 11.6 Å². The van der Waals surface area contributed by atoms with Crippen molar-refractivity contribution in [1.82, 2.24) is 10.2 Å². The van der Waals surface area contributed by atoms with Crippen molar-refractivity contribution in [3.05, 3.63) is 69.5 Å². The van der Waals surface area contributed by atoms with Crippen LogP contribution in [0.2, 0.25) is 10.0 Å². The standard InChI is InChI=1S/C18H17Cl2FN2O/c19-15-9-16(20)17(21)8-14(15)18(24)22-13-6-7-23(11-13)10-12-4-2-1-3-5-12/h1-5,8-9,13H,6-7,10-11H2,(H,22,24). The van der Waals surface area contributed by atoms with Crippen molar-refractivity contribution in [2.24, 2.45) is 0 Å². The molecule has 1 N–H and O–H groups in total. The topological polar surface area (TPSA) is 32.3 Å². The molecule has 0 aliphatic carbocycles. The molecule has 0 saturated carbocycles. The minimum atomic E-state index is -0.650. The fourth-order valence-corrected chi connectivity index (χ4v) is 3.36. The quantitative estimate of drug-likeness (QED) is 0.824. The van der Waals surface area contributed by atoms with Gasteiger partial charge in [-0.2, -0.15) is 0 Å². The van der Waals surface area contributed by atoms with Gasteiger partial charge >= 0.3 is 0 Å². The number of carbonyl (C=O) groups is 1. The highest BCUT2D eigenvalue weighted by atomic mass is 35.5. The van der Waals surface area contributed by atoms with Crippen LogP contribution in [-0.4, -0.2) is 29.9 Å². The molecule has 1 amide bonds. The molecule has 0 radical (unpaired) electrons. The molecule has 2 aromatic carbocycles. The number of nitrogens with zero attached hydrogens (tertiary/aromatic N) is 1. The molecule has 3 nitrogen and oxygen atoms in total. The first kappa shape index (κ1) is 17.2. The van der Waals surface area contributed by atoms with Crippen LogP contribution in [0.5, 0.6) is 0 Å². The van der Waals surface area contributed by atoms with Gasteiger partial charge in [-0.15, -0.1) is 0 Å². The van der Waals surface area contributed by atoms with E-state index in [2.05, 4.69) is 22.3 Å². The van der Waals surface area contributed by atoms with Crippen molar-refractivity contribution < 1.29 is 9.18 Å². The Morgan fingerprint density at radius 3 is 2.71 bits per heavy atom. The lowest BCUT2D eigenvalue weighted by molar-refractivity contribution is 0.0937. The summed E-state index contributed by atoms with van der Waals surface area (Å²) >= 11 is 11.7. The number of carbonyl (C=O) groups excluding carboxylic acids is 1. The molecule has 1 saturated heterocycles. The zero-order valence-corrected chi connectivity index (χ0v) is 14.4. The average molecular weight is 367 g/mol. The summed E-state index contributed by atoms with van der Waals surface area (Å²) in [4.78, 5) is 14.6. The molecule has 3 rings (SSSR count). The third-order valence-electron chi connectivity index (χ3n) is 4.11. The molecular weight excluding hydrogens is 350 g/mol. The Morgan fingerprint density at radius 2 is 1.96 bits per heavy atom. The fraction of sp³-hybridized carbons (Fsp3) is 0.278. The van der Waals surface area contributed by atoms with Gasteiger partial charge in [0, 0.05) is 25.7 Å². The Kier molecular flexibility index (Phi) is 5.39. The molecule has 0 bridgehead atoms. The van der Waals surface area contributed by atoms with Crippen LogP contribution in [-0.2, 0) is 6.54 Å². The number of likely N-dealkylation sites (tertiary alicyclic amines) is 1. The number of hydrogen-bond acceptors (Lipinski definition) is 2. The smallest absolute Gasteiger partial charge is 0.253 e. The normalized spacial score (nSPS) is 17.9. The van der Waals surface area contributed by atoms with Crippen LogP contribution in [0.4, 0.5) is 4.39 Å². The van der Waals surface area contributed by atoms with Crippen LogP contribution in [0.1, 0.15) is 22.3 Å². The molecule has 24 heavy (non-hydrogen) atoms. The summed E-state index contributed by atoms with van der Waals surface area (Å²) in [6.45, 7) is 2.51. The highest BCUT2D eigenvalue weighted by Crippen LogP contribution is 2.24. The number of nitrogens with one attached hydrogen (secondary N) is 1. The highest BCUT2D eigenvalue weighted by Gasteiger charge is 2.25. The number of amides is 1. The minimum absolute atomic E-state index is 0.0241. The Hall–Kier alpha value is -1.62. The van der Waals surface area contributed by atoms with Crippen LogP contribution < -0.4 is 5.32 Å². The summed E-state index contributed by atoms with van der Waals surface area (Å²) in [5.41, 5.74) is 1.35. The van der Waals surface area contributed by atoms with E-state index in [1.54, 1.807) is 0 Å². The molecule has 6 heteroatoms. The SMILES string of the molecule is O=C(NC1CCN(Cc2ccccc2)C1)c1cc(F)c(Cl)cc1Cl. The number of halogens is 3. The minimum Gasteiger partial charge on any atom is -0.348 e. The number of hydrogen-bond donors (Lipinski definition) is 1. The van der Waals surface area contributed by atoms with E-state index < -0.39 is 5.82 Å². The molecular formula is C18H17Cl2FN2O. The third-order valence-corrected chi connectivity index (χ3v) is 4.71. The van der Waals surface area contributed by atoms with Crippen molar-refractivity contribution in [2.75, 3.05) is 13.1 Å². The summed E-state index contributed by atoms with van der Waals surface area (Å²) in [6, 6.07) is 12.6. The van der Waals surface area contributed by atoms with Crippen molar-refractivity contribution in [3.8, 4) is 0 Å². The van der Waals surface area contributed by atoms with Gasteiger partial charge in [-0.25, -0.2) is 4.39 Å². The maximum absolute atomic E-state index is 13.6. The Bertz CT molecular complexity index is 739. The second kappa shape index (κ2) is 7.51. The van der Waals surface area contributed by atoms with Crippen LogP contribution in [0.3, 0.4) is 0 Å². The molecule has 126 valence electrons. The van der Waals surface area contributed by atoms with E-state index >= 15 is 0 Å². The van der Waals surface area contributed by atoms with Gasteiger partial charge < -0.3 is 5.32 Å². The lowest BCUT2D eigenvalue weighted by Crippen LogP contribution is -2.37. The van der Waals surface area contributed by atoms with Gasteiger partial charge in [-0.1, -0.05) is 53.5 Å². The van der Waals surface area contributed by atoms with Crippen molar-refractivity contribution in [1.29, 1.82) is 0 Å². The summed E-state index contributed by atoms with van der Waals surface area (Å²) < 4.78 is 13.6. The Morgan fingerprint density at radius 1 is 1.21 bits per heavy atom. The fourth-order valence-electron chi connectivity index (χ4n) is 2.90. The van der Waals surface area contributed by atoms with Crippen LogP contribution in [0, 0.1) is 5.82 Å². The van der Waals surface area contributed by atoms with Gasteiger partial charge in [0.2, 0.25) is 0 Å². The number of benzene rings is 2. The molecule has 0 aromatic heterocycles. The first-order chi connectivity index (χ1) is 11.5. The van der Waals surface area contributed by atoms with E-state index in [9.17, 15) is 9.18 Å². The third kappa shape index (κ3) is 4.07. The van der Waals surface area contributed by atoms with E-state index in [-0.39, 0.29) is 27.6 Å². The van der Waals surface area contributed by atoms with Crippen LogP contribution in [0.15, 0.2) is 42.5 Å². The molecule has 0 spiro atoms. The molecule has 1 aliphatic rings. The van der Waals surface area contributed by atoms with Crippen molar-refractivity contribution >= 4 is 29.1 Å². The number of rotatable bonds is 4. The lowest BCUT2D eigenvalue weighted by Gasteiger charge is -2.17. The van der Waals surface area contributed by atoms with Gasteiger partial charge in [-0.3, -0.25) is 9.69 Å². The van der Waals surface area contributed by atoms with E-state index in [4.69, 9.17) is 23.2 Å². The second-order valence-electron chi connectivity index (χ2n) is 5.93. The highest BCUT2D eigenvalue weighted by molar-refractivity contribution is 6.36. The summed E-state index contributed by atoms with van der Waals surface area (Å²) in [5, 5.41) is 2.98. The largest absolute Gasteiger partial charge is 0.348 e. The molecule has 1 fully saturated rings. The maximum Gasteiger partial charge on any atom is 0.253 e. The summed E-state index contributed by atoms with van der Waals surface area (Å²) in [7, 11) is 0.